The fourth-order valence-corrected chi connectivity index (χ4v) is 3.46. The van der Waals surface area contributed by atoms with Crippen LogP contribution in [0.5, 0.6) is 0 Å². The minimum atomic E-state index is -0.138. The summed E-state index contributed by atoms with van der Waals surface area (Å²) in [5.41, 5.74) is 3.53. The Morgan fingerprint density at radius 2 is 1.96 bits per heavy atom. The molecule has 0 fully saturated rings. The minimum Gasteiger partial charge on any atom is -0.378 e. The van der Waals surface area contributed by atoms with Crippen molar-refractivity contribution in [2.45, 2.75) is 24.5 Å². The highest BCUT2D eigenvalue weighted by Crippen LogP contribution is 2.27. The van der Waals surface area contributed by atoms with Crippen LogP contribution in [0.3, 0.4) is 0 Å². The number of benzene rings is 2. The first-order valence-corrected chi connectivity index (χ1v) is 9.53. The monoisotopic (exact) mass is 382 g/mol. The molecular formula is C20H22N4O2S. The molecule has 0 radical (unpaired) electrons. The van der Waals surface area contributed by atoms with Crippen molar-refractivity contribution in [3.8, 4) is 0 Å². The second-order valence-corrected chi connectivity index (χ2v) is 7.39. The number of amides is 1. The number of aryl methyl sites for hydroxylation is 2. The Labute approximate surface area is 163 Å². The topological polar surface area (TPSA) is 71.3 Å². The number of anilines is 2. The number of hydrogen-bond donors (Lipinski definition) is 1. The van der Waals surface area contributed by atoms with Gasteiger partial charge >= 0.3 is 0 Å². The maximum absolute atomic E-state index is 12.8. The second kappa shape index (κ2) is 8.26. The van der Waals surface area contributed by atoms with E-state index in [2.05, 4.69) is 15.5 Å². The number of aromatic nitrogens is 2. The Balaban J connectivity index is 1.75. The van der Waals surface area contributed by atoms with Crippen molar-refractivity contribution in [2.75, 3.05) is 24.3 Å². The van der Waals surface area contributed by atoms with Crippen molar-refractivity contribution in [3.63, 3.8) is 0 Å². The number of carbonyl (C=O) groups excluding carboxylic acids is 1. The molecule has 1 amide bonds. The highest BCUT2D eigenvalue weighted by molar-refractivity contribution is 7.98. The molecule has 0 aliphatic heterocycles. The molecule has 0 saturated heterocycles. The van der Waals surface area contributed by atoms with Gasteiger partial charge in [-0.1, -0.05) is 17.3 Å². The Hall–Kier alpha value is -2.80. The van der Waals surface area contributed by atoms with Crippen molar-refractivity contribution in [3.05, 3.63) is 65.3 Å². The van der Waals surface area contributed by atoms with Crippen LogP contribution in [0, 0.1) is 13.8 Å². The summed E-state index contributed by atoms with van der Waals surface area (Å²) in [6.45, 7) is 3.77. The SMILES string of the molecule is Cc1noc(CSc2ccccc2C(=O)Nc2ccc(N(C)C)cc2C)n1. The van der Waals surface area contributed by atoms with E-state index in [1.54, 1.807) is 6.92 Å². The highest BCUT2D eigenvalue weighted by Gasteiger charge is 2.14. The zero-order valence-electron chi connectivity index (χ0n) is 15.8. The van der Waals surface area contributed by atoms with Gasteiger partial charge in [0.2, 0.25) is 5.89 Å². The average molecular weight is 382 g/mol. The Morgan fingerprint density at radius 1 is 1.19 bits per heavy atom. The molecule has 1 aromatic heterocycles. The Kier molecular flexibility index (Phi) is 5.81. The lowest BCUT2D eigenvalue weighted by Crippen LogP contribution is -2.14. The summed E-state index contributed by atoms with van der Waals surface area (Å²) in [4.78, 5) is 19.9. The van der Waals surface area contributed by atoms with Gasteiger partial charge < -0.3 is 14.7 Å². The van der Waals surface area contributed by atoms with E-state index in [-0.39, 0.29) is 5.91 Å². The van der Waals surface area contributed by atoms with E-state index in [1.807, 2.05) is 68.4 Å². The predicted molar refractivity (Wildman–Crippen MR) is 108 cm³/mol. The average Bonchev–Trinajstić information content (AvgIpc) is 3.07. The first-order valence-electron chi connectivity index (χ1n) is 8.54. The van der Waals surface area contributed by atoms with Gasteiger partial charge in [0.25, 0.3) is 5.91 Å². The molecule has 140 valence electrons. The molecule has 6 nitrogen and oxygen atoms in total. The standard InChI is InChI=1S/C20H22N4O2S/c1-13-11-15(24(3)4)9-10-17(13)22-20(25)16-7-5-6-8-18(16)27-12-19-21-14(2)23-26-19/h5-11H,12H2,1-4H3,(H,22,25). The lowest BCUT2D eigenvalue weighted by atomic mass is 10.1. The van der Waals surface area contributed by atoms with Gasteiger partial charge in [-0.05, 0) is 49.7 Å². The summed E-state index contributed by atoms with van der Waals surface area (Å²) in [5.74, 6) is 1.53. The van der Waals surface area contributed by atoms with Crippen molar-refractivity contribution < 1.29 is 9.32 Å². The van der Waals surface area contributed by atoms with Crippen molar-refractivity contribution in [2.24, 2.45) is 0 Å². The molecule has 3 rings (SSSR count). The maximum atomic E-state index is 12.8. The molecule has 1 N–H and O–H groups in total. The van der Waals surface area contributed by atoms with Crippen molar-refractivity contribution >= 4 is 29.0 Å². The van der Waals surface area contributed by atoms with Crippen LogP contribution in [0.25, 0.3) is 0 Å². The molecule has 3 aromatic rings. The molecule has 1 heterocycles. The number of nitrogens with zero attached hydrogens (tertiary/aromatic N) is 3. The van der Waals surface area contributed by atoms with Crippen LogP contribution in [0.1, 0.15) is 27.6 Å². The zero-order chi connectivity index (χ0) is 19.4. The lowest BCUT2D eigenvalue weighted by Gasteiger charge is -2.16. The molecule has 0 aliphatic carbocycles. The van der Waals surface area contributed by atoms with Crippen LogP contribution in [-0.2, 0) is 5.75 Å². The number of nitrogens with one attached hydrogen (secondary N) is 1. The summed E-state index contributed by atoms with van der Waals surface area (Å²) < 4.78 is 5.14. The highest BCUT2D eigenvalue weighted by atomic mass is 32.2. The van der Waals surface area contributed by atoms with Crippen molar-refractivity contribution in [1.29, 1.82) is 0 Å². The summed E-state index contributed by atoms with van der Waals surface area (Å²) in [5, 5.41) is 6.80. The van der Waals surface area contributed by atoms with E-state index in [0.29, 0.717) is 23.0 Å². The fraction of sp³-hybridized carbons (Fsp3) is 0.250. The van der Waals surface area contributed by atoms with Gasteiger partial charge in [-0.2, -0.15) is 4.98 Å². The summed E-state index contributed by atoms with van der Waals surface area (Å²) >= 11 is 1.50. The third-order valence-electron chi connectivity index (χ3n) is 4.03. The molecule has 0 aliphatic rings. The number of carbonyl (C=O) groups is 1. The predicted octanol–water partition coefficient (Wildman–Crippen LogP) is 4.30. The summed E-state index contributed by atoms with van der Waals surface area (Å²) in [7, 11) is 3.98. The van der Waals surface area contributed by atoms with E-state index < -0.39 is 0 Å². The molecule has 7 heteroatoms. The summed E-state index contributed by atoms with van der Waals surface area (Å²) in [6, 6.07) is 13.5. The number of hydrogen-bond acceptors (Lipinski definition) is 6. The smallest absolute Gasteiger partial charge is 0.256 e. The van der Waals surface area contributed by atoms with Gasteiger partial charge in [-0.3, -0.25) is 4.79 Å². The largest absolute Gasteiger partial charge is 0.378 e. The Morgan fingerprint density at radius 3 is 2.63 bits per heavy atom. The molecule has 0 atom stereocenters. The van der Waals surface area contributed by atoms with Gasteiger partial charge in [-0.25, -0.2) is 0 Å². The van der Waals surface area contributed by atoms with E-state index in [1.165, 1.54) is 11.8 Å². The molecule has 0 bridgehead atoms. The third kappa shape index (κ3) is 4.68. The lowest BCUT2D eigenvalue weighted by molar-refractivity contribution is 0.102. The third-order valence-corrected chi connectivity index (χ3v) is 5.09. The minimum absolute atomic E-state index is 0.138. The first-order chi connectivity index (χ1) is 12.9. The molecule has 0 unspecified atom stereocenters. The van der Waals surface area contributed by atoms with Gasteiger partial charge in [0.05, 0.1) is 11.3 Å². The maximum Gasteiger partial charge on any atom is 0.256 e. The quantitative estimate of drug-likeness (QED) is 0.641. The molecule has 0 saturated carbocycles. The van der Waals surface area contributed by atoms with Crippen molar-refractivity contribution in [1.82, 2.24) is 10.1 Å². The second-order valence-electron chi connectivity index (χ2n) is 6.37. The zero-order valence-corrected chi connectivity index (χ0v) is 16.6. The van der Waals surface area contributed by atoms with Crippen LogP contribution in [0.15, 0.2) is 51.9 Å². The van der Waals surface area contributed by atoms with Gasteiger partial charge in [0.1, 0.15) is 0 Å². The van der Waals surface area contributed by atoms with Gasteiger partial charge in [-0.15, -0.1) is 11.8 Å². The normalized spacial score (nSPS) is 10.7. The van der Waals surface area contributed by atoms with E-state index in [0.717, 1.165) is 21.8 Å². The van der Waals surface area contributed by atoms with Gasteiger partial charge in [0.15, 0.2) is 5.82 Å². The molecule has 27 heavy (non-hydrogen) atoms. The van der Waals surface area contributed by atoms with Crippen LogP contribution in [-0.4, -0.2) is 30.1 Å². The first kappa shape index (κ1) is 19.0. The fourth-order valence-electron chi connectivity index (χ4n) is 2.57. The van der Waals surface area contributed by atoms with Gasteiger partial charge in [0, 0.05) is 30.4 Å². The van der Waals surface area contributed by atoms with Crippen LogP contribution in [0.4, 0.5) is 11.4 Å². The van der Waals surface area contributed by atoms with Crippen LogP contribution >= 0.6 is 11.8 Å². The number of thioether (sulfide) groups is 1. The molecular weight excluding hydrogens is 360 g/mol. The summed E-state index contributed by atoms with van der Waals surface area (Å²) in [6.07, 6.45) is 0. The number of rotatable bonds is 6. The molecule has 0 spiro atoms. The van der Waals surface area contributed by atoms with Crippen LogP contribution in [0.2, 0.25) is 0 Å². The van der Waals surface area contributed by atoms with E-state index in [9.17, 15) is 4.79 Å². The molecule has 2 aromatic carbocycles. The van der Waals surface area contributed by atoms with E-state index >= 15 is 0 Å². The van der Waals surface area contributed by atoms with E-state index in [4.69, 9.17) is 4.52 Å². The van der Waals surface area contributed by atoms with Crippen LogP contribution < -0.4 is 10.2 Å². The Bertz CT molecular complexity index is 953.